The van der Waals surface area contributed by atoms with Gasteiger partial charge in [-0.25, -0.2) is 4.98 Å². The maximum Gasteiger partial charge on any atom is 0.258 e. The van der Waals surface area contributed by atoms with E-state index in [0.717, 1.165) is 23.2 Å². The van der Waals surface area contributed by atoms with Crippen molar-refractivity contribution in [2.75, 3.05) is 25.6 Å². The van der Waals surface area contributed by atoms with Crippen LogP contribution in [0, 0.1) is 20.8 Å². The van der Waals surface area contributed by atoms with Gasteiger partial charge in [-0.2, -0.15) is 0 Å². The van der Waals surface area contributed by atoms with Gasteiger partial charge in [-0.1, -0.05) is 11.6 Å². The van der Waals surface area contributed by atoms with Crippen LogP contribution in [0.5, 0.6) is 11.6 Å². The first-order valence-electron chi connectivity index (χ1n) is 8.91. The smallest absolute Gasteiger partial charge is 0.258 e. The van der Waals surface area contributed by atoms with Crippen molar-refractivity contribution in [3.05, 3.63) is 45.6 Å². The second-order valence-electron chi connectivity index (χ2n) is 6.75. The highest BCUT2D eigenvalue weighted by Gasteiger charge is 2.24. The van der Waals surface area contributed by atoms with E-state index < -0.39 is 0 Å². The summed E-state index contributed by atoms with van der Waals surface area (Å²) in [6, 6.07) is 5.67. The van der Waals surface area contributed by atoms with Crippen molar-refractivity contribution in [3.63, 3.8) is 0 Å². The number of nitrogens with zero attached hydrogens (tertiary/aromatic N) is 1. The molecule has 1 aromatic heterocycles. The molecule has 0 radical (unpaired) electrons. The van der Waals surface area contributed by atoms with Crippen LogP contribution in [0.25, 0.3) is 0 Å². The lowest BCUT2D eigenvalue weighted by molar-refractivity contribution is 0.0961. The molecular weight excluding hydrogens is 366 g/mol. The third-order valence-electron chi connectivity index (χ3n) is 4.48. The lowest BCUT2D eigenvalue weighted by Crippen LogP contribution is -2.25. The van der Waals surface area contributed by atoms with E-state index >= 15 is 0 Å². The largest absolute Gasteiger partial charge is 0.438 e. The van der Waals surface area contributed by atoms with Crippen molar-refractivity contribution in [1.29, 1.82) is 0 Å². The summed E-state index contributed by atoms with van der Waals surface area (Å²) in [5.74, 6) is 0.658. The molecule has 1 aromatic carbocycles. The van der Waals surface area contributed by atoms with Crippen LogP contribution in [0.2, 0.25) is 5.02 Å². The van der Waals surface area contributed by atoms with Crippen molar-refractivity contribution < 1.29 is 14.3 Å². The molecular formula is C20H24ClN3O3. The molecule has 1 aliphatic heterocycles. The number of benzene rings is 1. The Bertz CT molecular complexity index is 841. The van der Waals surface area contributed by atoms with E-state index in [0.29, 0.717) is 35.2 Å². The molecule has 1 aliphatic rings. The van der Waals surface area contributed by atoms with Crippen molar-refractivity contribution in [3.8, 4) is 11.6 Å². The normalized spacial score (nSPS) is 16.3. The number of carbonyl (C=O) groups is 1. The number of nitrogens with one attached hydrogen (secondary N) is 2. The summed E-state index contributed by atoms with van der Waals surface area (Å²) in [6.45, 7) is 7.03. The number of rotatable bonds is 5. The minimum atomic E-state index is -0.261. The molecule has 1 saturated heterocycles. The summed E-state index contributed by atoms with van der Waals surface area (Å²) in [4.78, 5) is 17.1. The van der Waals surface area contributed by atoms with E-state index in [4.69, 9.17) is 21.1 Å². The Kier molecular flexibility index (Phi) is 5.87. The zero-order valence-corrected chi connectivity index (χ0v) is 16.7. The summed E-state index contributed by atoms with van der Waals surface area (Å²) >= 11 is 6.12. The lowest BCUT2D eigenvalue weighted by Gasteiger charge is -2.20. The Labute approximate surface area is 164 Å². The van der Waals surface area contributed by atoms with Gasteiger partial charge < -0.3 is 20.1 Å². The van der Waals surface area contributed by atoms with Crippen LogP contribution in [0.3, 0.4) is 0 Å². The molecule has 0 spiro atoms. The van der Waals surface area contributed by atoms with Gasteiger partial charge in [0, 0.05) is 24.4 Å². The second kappa shape index (κ2) is 8.15. The zero-order valence-electron chi connectivity index (χ0n) is 16.0. The number of aryl methyl sites for hydroxylation is 3. The lowest BCUT2D eigenvalue weighted by atomic mass is 10.1. The molecule has 2 aromatic rings. The number of hydrogen-bond donors (Lipinski definition) is 2. The molecule has 1 amide bonds. The van der Waals surface area contributed by atoms with E-state index in [1.807, 2.05) is 39.0 Å². The van der Waals surface area contributed by atoms with Crippen molar-refractivity contribution in [2.24, 2.45) is 0 Å². The summed E-state index contributed by atoms with van der Waals surface area (Å²) in [7, 11) is 1.59. The third-order valence-corrected chi connectivity index (χ3v) is 4.70. The first kappa shape index (κ1) is 19.5. The predicted octanol–water partition coefficient (Wildman–Crippen LogP) is 4.01. The van der Waals surface area contributed by atoms with Gasteiger partial charge in [0.2, 0.25) is 5.88 Å². The molecule has 3 rings (SSSR count). The minimum Gasteiger partial charge on any atom is -0.438 e. The molecule has 27 heavy (non-hydrogen) atoms. The monoisotopic (exact) mass is 389 g/mol. The molecule has 1 atom stereocenters. The summed E-state index contributed by atoms with van der Waals surface area (Å²) in [5.41, 5.74) is 3.58. The Morgan fingerprint density at radius 1 is 1.26 bits per heavy atom. The van der Waals surface area contributed by atoms with Crippen LogP contribution in [0.4, 0.5) is 5.69 Å². The highest BCUT2D eigenvalue weighted by molar-refractivity contribution is 6.30. The molecule has 0 saturated carbocycles. The quantitative estimate of drug-likeness (QED) is 0.808. The Balaban J connectivity index is 2.05. The number of aromatic nitrogens is 1. The Hall–Kier alpha value is -2.31. The molecule has 2 heterocycles. The Morgan fingerprint density at radius 2 is 1.96 bits per heavy atom. The van der Waals surface area contributed by atoms with Gasteiger partial charge >= 0.3 is 0 Å². The summed E-state index contributed by atoms with van der Waals surface area (Å²) in [6.07, 6.45) is 0.889. The summed E-state index contributed by atoms with van der Waals surface area (Å²) in [5, 5.41) is 6.73. The van der Waals surface area contributed by atoms with E-state index in [1.165, 1.54) is 0 Å². The van der Waals surface area contributed by atoms with Crippen molar-refractivity contribution >= 4 is 23.2 Å². The fraction of sp³-hybridized carbons (Fsp3) is 0.400. The van der Waals surface area contributed by atoms with Gasteiger partial charge in [-0.3, -0.25) is 4.79 Å². The molecule has 0 aliphatic carbocycles. The number of halogens is 1. The topological polar surface area (TPSA) is 72.5 Å². The molecule has 1 fully saturated rings. The number of amides is 1. The van der Waals surface area contributed by atoms with Gasteiger partial charge in [0.25, 0.3) is 5.91 Å². The molecule has 7 heteroatoms. The van der Waals surface area contributed by atoms with Gasteiger partial charge in [-0.15, -0.1) is 0 Å². The molecule has 2 N–H and O–H groups in total. The molecule has 144 valence electrons. The average molecular weight is 390 g/mol. The first-order valence-corrected chi connectivity index (χ1v) is 9.29. The van der Waals surface area contributed by atoms with Crippen LogP contribution < -0.4 is 15.4 Å². The SMILES string of the molecule is CNC(=O)c1c(N[C@H]2CCOC2)cc(C)nc1Oc1c(C)cc(Cl)cc1C. The number of ether oxygens (including phenoxy) is 2. The van der Waals surface area contributed by atoms with Gasteiger partial charge in [0.1, 0.15) is 11.3 Å². The number of pyridine rings is 1. The third kappa shape index (κ3) is 4.34. The highest BCUT2D eigenvalue weighted by Crippen LogP contribution is 2.35. The van der Waals surface area contributed by atoms with E-state index in [9.17, 15) is 4.79 Å². The predicted molar refractivity (Wildman–Crippen MR) is 106 cm³/mol. The van der Waals surface area contributed by atoms with Crippen LogP contribution in [-0.2, 0) is 4.74 Å². The fourth-order valence-corrected chi connectivity index (χ4v) is 3.53. The number of anilines is 1. The Morgan fingerprint density at radius 3 is 2.56 bits per heavy atom. The maximum atomic E-state index is 12.6. The highest BCUT2D eigenvalue weighted by atomic mass is 35.5. The molecule has 0 bridgehead atoms. The number of carbonyl (C=O) groups excluding carboxylic acids is 1. The molecule has 0 unspecified atom stereocenters. The van der Waals surface area contributed by atoms with Gasteiger partial charge in [0.15, 0.2) is 0 Å². The average Bonchev–Trinajstić information content (AvgIpc) is 3.10. The fourth-order valence-electron chi connectivity index (χ4n) is 3.20. The van der Waals surface area contributed by atoms with E-state index in [-0.39, 0.29) is 17.8 Å². The maximum absolute atomic E-state index is 12.6. The molecule has 6 nitrogen and oxygen atoms in total. The second-order valence-corrected chi connectivity index (χ2v) is 7.18. The van der Waals surface area contributed by atoms with Crippen LogP contribution in [0.15, 0.2) is 18.2 Å². The van der Waals surface area contributed by atoms with Crippen molar-refractivity contribution in [1.82, 2.24) is 10.3 Å². The van der Waals surface area contributed by atoms with Gasteiger partial charge in [-0.05, 0) is 56.5 Å². The zero-order chi connectivity index (χ0) is 19.6. The number of hydrogen-bond acceptors (Lipinski definition) is 5. The minimum absolute atomic E-state index is 0.155. The summed E-state index contributed by atoms with van der Waals surface area (Å²) < 4.78 is 11.6. The standard InChI is InChI=1S/C20H24ClN3O3/c1-11-7-14(21)8-12(2)18(11)27-20-17(19(25)22-4)16(9-13(3)23-20)24-15-5-6-26-10-15/h7-9,15H,5-6,10H2,1-4H3,(H,22,25)(H,23,24)/t15-/m0/s1. The van der Waals surface area contributed by atoms with Crippen LogP contribution in [0.1, 0.15) is 33.6 Å². The van der Waals surface area contributed by atoms with E-state index in [1.54, 1.807) is 7.05 Å². The van der Waals surface area contributed by atoms with Crippen LogP contribution in [-0.4, -0.2) is 37.2 Å². The van der Waals surface area contributed by atoms with Crippen LogP contribution >= 0.6 is 11.6 Å². The van der Waals surface area contributed by atoms with Gasteiger partial charge in [0.05, 0.1) is 18.3 Å². The van der Waals surface area contributed by atoms with Crippen molar-refractivity contribution in [2.45, 2.75) is 33.2 Å². The first-order chi connectivity index (χ1) is 12.9. The van der Waals surface area contributed by atoms with E-state index in [2.05, 4.69) is 15.6 Å².